The van der Waals surface area contributed by atoms with Crippen molar-refractivity contribution in [2.45, 2.75) is 4.90 Å². The molecule has 132 valence electrons. The molecule has 0 saturated heterocycles. The maximum Gasteiger partial charge on any atom is 0.255 e. The zero-order valence-electron chi connectivity index (χ0n) is 13.5. The third-order valence-corrected chi connectivity index (χ3v) is 4.33. The van der Waals surface area contributed by atoms with Gasteiger partial charge < -0.3 is 10.1 Å². The molecule has 8 heteroatoms. The molecule has 2 aromatic carbocycles. The molecule has 0 aliphatic carbocycles. The molecule has 0 atom stereocenters. The highest BCUT2D eigenvalue weighted by Gasteiger charge is 2.10. The van der Waals surface area contributed by atoms with E-state index in [4.69, 9.17) is 9.88 Å². The highest BCUT2D eigenvalue weighted by molar-refractivity contribution is 7.89. The summed E-state index contributed by atoms with van der Waals surface area (Å²) < 4.78 is 28.1. The van der Waals surface area contributed by atoms with Gasteiger partial charge in [-0.2, -0.15) is 0 Å². The van der Waals surface area contributed by atoms with Crippen LogP contribution in [0.5, 0.6) is 11.6 Å². The molecular weight excluding hydrogens is 354 g/mol. The van der Waals surface area contributed by atoms with E-state index < -0.39 is 10.0 Å². The lowest BCUT2D eigenvalue weighted by Gasteiger charge is -2.08. The van der Waals surface area contributed by atoms with Crippen molar-refractivity contribution in [3.63, 3.8) is 0 Å². The normalized spacial score (nSPS) is 11.0. The molecule has 0 saturated carbocycles. The van der Waals surface area contributed by atoms with Crippen molar-refractivity contribution in [3.05, 3.63) is 78.5 Å². The summed E-state index contributed by atoms with van der Waals surface area (Å²) in [5, 5.41) is 7.73. The number of sulfonamides is 1. The minimum atomic E-state index is -3.77. The monoisotopic (exact) mass is 369 g/mol. The average molecular weight is 369 g/mol. The number of aromatic nitrogens is 1. The van der Waals surface area contributed by atoms with Crippen molar-refractivity contribution < 1.29 is 17.9 Å². The minimum absolute atomic E-state index is 0.0266. The largest absolute Gasteiger partial charge is 0.439 e. The summed E-state index contributed by atoms with van der Waals surface area (Å²) in [6.07, 6.45) is 1.61. The lowest BCUT2D eigenvalue weighted by Crippen LogP contribution is -2.13. The van der Waals surface area contributed by atoms with Gasteiger partial charge in [0.25, 0.3) is 5.91 Å². The number of nitrogens with one attached hydrogen (secondary N) is 1. The number of primary sulfonamides is 1. The van der Waals surface area contributed by atoms with Crippen LogP contribution in [0.4, 0.5) is 5.69 Å². The second-order valence-corrected chi connectivity index (χ2v) is 6.88. The van der Waals surface area contributed by atoms with E-state index in [9.17, 15) is 13.2 Å². The van der Waals surface area contributed by atoms with E-state index in [2.05, 4.69) is 10.3 Å². The van der Waals surface area contributed by atoms with Gasteiger partial charge in [-0.25, -0.2) is 18.5 Å². The molecule has 3 N–H and O–H groups in total. The number of ether oxygens (including phenoxy) is 1. The third kappa shape index (κ3) is 4.44. The fraction of sp³-hybridized carbons (Fsp3) is 0. The first-order valence-corrected chi connectivity index (χ1v) is 9.10. The smallest absolute Gasteiger partial charge is 0.255 e. The number of pyridine rings is 1. The molecule has 1 amide bonds. The predicted molar refractivity (Wildman–Crippen MR) is 96.5 cm³/mol. The van der Waals surface area contributed by atoms with Gasteiger partial charge in [0.05, 0.1) is 4.90 Å². The highest BCUT2D eigenvalue weighted by Crippen LogP contribution is 2.21. The van der Waals surface area contributed by atoms with Gasteiger partial charge in [-0.3, -0.25) is 4.79 Å². The van der Waals surface area contributed by atoms with Crippen LogP contribution in [-0.2, 0) is 10.0 Å². The Hall–Kier alpha value is -3.23. The maximum absolute atomic E-state index is 12.4. The maximum atomic E-state index is 12.4. The van der Waals surface area contributed by atoms with Gasteiger partial charge in [-0.05, 0) is 48.5 Å². The van der Waals surface area contributed by atoms with Gasteiger partial charge in [0.1, 0.15) is 5.75 Å². The quantitative estimate of drug-likeness (QED) is 0.718. The van der Waals surface area contributed by atoms with Crippen molar-refractivity contribution in [1.82, 2.24) is 4.98 Å². The number of rotatable bonds is 5. The van der Waals surface area contributed by atoms with E-state index in [1.807, 2.05) is 0 Å². The van der Waals surface area contributed by atoms with Crippen LogP contribution in [0.1, 0.15) is 10.4 Å². The van der Waals surface area contributed by atoms with Crippen molar-refractivity contribution >= 4 is 21.6 Å². The first kappa shape index (κ1) is 17.6. The molecule has 0 radical (unpaired) electrons. The number of anilines is 1. The van der Waals surface area contributed by atoms with Crippen molar-refractivity contribution in [1.29, 1.82) is 0 Å². The number of hydrogen-bond acceptors (Lipinski definition) is 5. The van der Waals surface area contributed by atoms with Gasteiger partial charge in [0, 0.05) is 23.5 Å². The fourth-order valence-electron chi connectivity index (χ4n) is 2.16. The third-order valence-electron chi connectivity index (χ3n) is 3.40. The Labute approximate surface area is 150 Å². The molecule has 0 fully saturated rings. The van der Waals surface area contributed by atoms with Crippen LogP contribution in [0.3, 0.4) is 0 Å². The van der Waals surface area contributed by atoms with Crippen molar-refractivity contribution in [2.24, 2.45) is 5.14 Å². The summed E-state index contributed by atoms with van der Waals surface area (Å²) in [5.74, 6) is 0.532. The second-order valence-electron chi connectivity index (χ2n) is 5.32. The molecule has 1 heterocycles. The number of nitrogens with two attached hydrogens (primary N) is 1. The highest BCUT2D eigenvalue weighted by atomic mass is 32.2. The number of carbonyl (C=O) groups excluding carboxylic acids is 1. The molecule has 0 spiro atoms. The Morgan fingerprint density at radius 1 is 1.00 bits per heavy atom. The van der Waals surface area contributed by atoms with E-state index in [1.54, 1.807) is 48.7 Å². The van der Waals surface area contributed by atoms with E-state index in [1.165, 1.54) is 24.3 Å². The summed E-state index contributed by atoms with van der Waals surface area (Å²) in [6, 6.07) is 17.5. The van der Waals surface area contributed by atoms with Crippen LogP contribution in [0, 0.1) is 0 Å². The standard InChI is InChI=1S/C18H15N3O4S/c19-26(23,24)16-9-7-14(8-10-16)21-18(22)13-4-3-5-15(12-13)25-17-6-1-2-11-20-17/h1-12H,(H,21,22)(H2,19,23,24). The summed E-state index contributed by atoms with van der Waals surface area (Å²) >= 11 is 0. The van der Waals surface area contributed by atoms with Crippen molar-refractivity contribution in [2.75, 3.05) is 5.32 Å². The molecule has 0 unspecified atom stereocenters. The molecule has 0 aliphatic rings. The number of carbonyl (C=O) groups is 1. The Bertz CT molecular complexity index is 1020. The summed E-state index contributed by atoms with van der Waals surface area (Å²) in [6.45, 7) is 0. The lowest BCUT2D eigenvalue weighted by molar-refractivity contribution is 0.102. The van der Waals surface area contributed by atoms with Crippen LogP contribution >= 0.6 is 0 Å². The van der Waals surface area contributed by atoms with E-state index >= 15 is 0 Å². The molecule has 26 heavy (non-hydrogen) atoms. The molecule has 3 aromatic rings. The van der Waals surface area contributed by atoms with Gasteiger partial charge in [-0.15, -0.1) is 0 Å². The van der Waals surface area contributed by atoms with Crippen LogP contribution in [-0.4, -0.2) is 19.3 Å². The first-order chi connectivity index (χ1) is 12.4. The molecule has 7 nitrogen and oxygen atoms in total. The second kappa shape index (κ2) is 7.34. The Morgan fingerprint density at radius 2 is 1.77 bits per heavy atom. The summed E-state index contributed by atoms with van der Waals surface area (Å²) in [5.41, 5.74) is 0.826. The zero-order valence-corrected chi connectivity index (χ0v) is 14.3. The number of benzene rings is 2. The van der Waals surface area contributed by atoms with Crippen LogP contribution in [0.15, 0.2) is 77.8 Å². The van der Waals surface area contributed by atoms with Gasteiger partial charge in [0.15, 0.2) is 0 Å². The average Bonchev–Trinajstić information content (AvgIpc) is 2.62. The van der Waals surface area contributed by atoms with E-state index in [0.717, 1.165) is 0 Å². The lowest BCUT2D eigenvalue weighted by atomic mass is 10.2. The minimum Gasteiger partial charge on any atom is -0.439 e. The summed E-state index contributed by atoms with van der Waals surface area (Å²) in [7, 11) is -3.77. The Morgan fingerprint density at radius 3 is 2.42 bits per heavy atom. The molecule has 0 bridgehead atoms. The predicted octanol–water partition coefficient (Wildman–Crippen LogP) is 2.77. The number of amides is 1. The topological polar surface area (TPSA) is 111 Å². The van der Waals surface area contributed by atoms with E-state index in [-0.39, 0.29) is 10.8 Å². The summed E-state index contributed by atoms with van der Waals surface area (Å²) in [4.78, 5) is 16.4. The van der Waals surface area contributed by atoms with Crippen LogP contribution < -0.4 is 15.2 Å². The first-order valence-electron chi connectivity index (χ1n) is 7.55. The molecular formula is C18H15N3O4S. The molecule has 0 aliphatic heterocycles. The van der Waals surface area contributed by atoms with Crippen molar-refractivity contribution in [3.8, 4) is 11.6 Å². The molecule has 1 aromatic heterocycles. The van der Waals surface area contributed by atoms with Gasteiger partial charge in [-0.1, -0.05) is 12.1 Å². The fourth-order valence-corrected chi connectivity index (χ4v) is 2.68. The van der Waals surface area contributed by atoms with Gasteiger partial charge in [0.2, 0.25) is 15.9 Å². The Kier molecular flexibility index (Phi) is 4.97. The zero-order chi connectivity index (χ0) is 18.6. The van der Waals surface area contributed by atoms with Crippen LogP contribution in [0.25, 0.3) is 0 Å². The molecule has 3 rings (SSSR count). The Balaban J connectivity index is 1.73. The number of hydrogen-bond donors (Lipinski definition) is 2. The van der Waals surface area contributed by atoms with Crippen LogP contribution in [0.2, 0.25) is 0 Å². The van der Waals surface area contributed by atoms with E-state index in [0.29, 0.717) is 22.9 Å². The number of nitrogens with zero attached hydrogens (tertiary/aromatic N) is 1. The van der Waals surface area contributed by atoms with Gasteiger partial charge >= 0.3 is 0 Å². The SMILES string of the molecule is NS(=O)(=O)c1ccc(NC(=O)c2cccc(Oc3ccccn3)c2)cc1.